The fourth-order valence-corrected chi connectivity index (χ4v) is 3.79. The van der Waals surface area contributed by atoms with Gasteiger partial charge in [0.25, 0.3) is 0 Å². The number of likely N-dealkylation sites (tertiary alicyclic amines) is 1. The molecule has 0 aliphatic carbocycles. The summed E-state index contributed by atoms with van der Waals surface area (Å²) in [7, 11) is 1.83. The molecule has 0 aromatic heterocycles. The number of amides is 2. The van der Waals surface area contributed by atoms with Crippen molar-refractivity contribution < 1.29 is 14.3 Å². The number of ether oxygens (including phenoxy) is 1. The summed E-state index contributed by atoms with van der Waals surface area (Å²) in [6.07, 6.45) is 2.76. The van der Waals surface area contributed by atoms with Crippen LogP contribution in [0.15, 0.2) is 54.6 Å². The van der Waals surface area contributed by atoms with Gasteiger partial charge in [0.2, 0.25) is 11.8 Å². The Hall–Kier alpha value is -2.82. The first-order valence-electron chi connectivity index (χ1n) is 10.8. The highest BCUT2D eigenvalue weighted by molar-refractivity contribution is 5.80. The minimum Gasteiger partial charge on any atom is -0.492 e. The summed E-state index contributed by atoms with van der Waals surface area (Å²) >= 11 is 0. The van der Waals surface area contributed by atoms with Crippen LogP contribution in [-0.2, 0) is 16.0 Å². The van der Waals surface area contributed by atoms with E-state index in [1.165, 1.54) is 11.1 Å². The Bertz CT molecular complexity index is 812. The Kier molecular flexibility index (Phi) is 7.89. The Morgan fingerprint density at radius 1 is 1.03 bits per heavy atom. The fraction of sp³-hybridized carbons (Fsp3) is 0.440. The van der Waals surface area contributed by atoms with E-state index in [0.717, 1.165) is 25.0 Å². The average molecular weight is 409 g/mol. The Morgan fingerprint density at radius 3 is 2.37 bits per heavy atom. The van der Waals surface area contributed by atoms with Gasteiger partial charge in [0.1, 0.15) is 12.4 Å². The van der Waals surface area contributed by atoms with Crippen LogP contribution < -0.4 is 4.74 Å². The van der Waals surface area contributed by atoms with Gasteiger partial charge in [-0.1, -0.05) is 48.0 Å². The second-order valence-electron chi connectivity index (χ2n) is 8.06. The molecule has 0 atom stereocenters. The quantitative estimate of drug-likeness (QED) is 0.669. The number of hydrogen-bond acceptors (Lipinski definition) is 3. The first-order chi connectivity index (χ1) is 14.5. The molecule has 1 heterocycles. The summed E-state index contributed by atoms with van der Waals surface area (Å²) in [6, 6.07) is 18.0. The molecule has 5 heteroatoms. The molecule has 2 aromatic carbocycles. The first kappa shape index (κ1) is 21.9. The summed E-state index contributed by atoms with van der Waals surface area (Å²) in [4.78, 5) is 28.9. The van der Waals surface area contributed by atoms with Crippen molar-refractivity contribution in [1.82, 2.24) is 9.80 Å². The van der Waals surface area contributed by atoms with E-state index in [9.17, 15) is 9.59 Å². The number of carbonyl (C=O) groups is 2. The van der Waals surface area contributed by atoms with Crippen LogP contribution in [0.3, 0.4) is 0 Å². The van der Waals surface area contributed by atoms with E-state index < -0.39 is 0 Å². The second-order valence-corrected chi connectivity index (χ2v) is 8.06. The predicted molar refractivity (Wildman–Crippen MR) is 118 cm³/mol. The molecule has 1 fully saturated rings. The number of likely N-dealkylation sites (N-methyl/N-ethyl adjacent to an activating group) is 1. The third-order valence-electron chi connectivity index (χ3n) is 5.76. The Morgan fingerprint density at radius 2 is 1.70 bits per heavy atom. The zero-order valence-electron chi connectivity index (χ0n) is 18.0. The molecule has 1 saturated heterocycles. The maximum Gasteiger partial charge on any atom is 0.225 e. The van der Waals surface area contributed by atoms with Crippen LogP contribution in [0.2, 0.25) is 0 Å². The van der Waals surface area contributed by atoms with E-state index in [1.54, 1.807) is 4.90 Å². The van der Waals surface area contributed by atoms with Crippen LogP contribution in [0, 0.1) is 12.8 Å². The topological polar surface area (TPSA) is 49.9 Å². The van der Waals surface area contributed by atoms with Gasteiger partial charge >= 0.3 is 0 Å². The number of benzene rings is 2. The van der Waals surface area contributed by atoms with Gasteiger partial charge in [0.05, 0.1) is 6.54 Å². The highest BCUT2D eigenvalue weighted by Crippen LogP contribution is 2.20. The van der Waals surface area contributed by atoms with E-state index in [2.05, 4.69) is 12.1 Å². The standard InChI is InChI=1S/C25H32N2O3/c1-20-8-11-23(12-9-20)30-19-18-26(2)25(29)22-14-16-27(17-15-22)24(28)13-10-21-6-4-3-5-7-21/h3-9,11-12,22H,10,13-19H2,1-2H3. The summed E-state index contributed by atoms with van der Waals surface area (Å²) in [6.45, 7) is 4.40. The highest BCUT2D eigenvalue weighted by atomic mass is 16.5. The molecule has 0 saturated carbocycles. The average Bonchev–Trinajstić information content (AvgIpc) is 2.79. The summed E-state index contributed by atoms with van der Waals surface area (Å²) in [5.41, 5.74) is 2.38. The predicted octanol–water partition coefficient (Wildman–Crippen LogP) is 3.70. The molecular formula is C25H32N2O3. The van der Waals surface area contributed by atoms with Gasteiger partial charge in [-0.05, 0) is 43.9 Å². The molecule has 30 heavy (non-hydrogen) atoms. The van der Waals surface area contributed by atoms with E-state index in [0.29, 0.717) is 32.7 Å². The van der Waals surface area contributed by atoms with Gasteiger partial charge in [-0.3, -0.25) is 9.59 Å². The van der Waals surface area contributed by atoms with Gasteiger partial charge in [-0.2, -0.15) is 0 Å². The van der Waals surface area contributed by atoms with Crippen LogP contribution >= 0.6 is 0 Å². The van der Waals surface area contributed by atoms with Crippen molar-refractivity contribution in [2.75, 3.05) is 33.3 Å². The van der Waals surface area contributed by atoms with Crippen LogP contribution in [0.25, 0.3) is 0 Å². The number of aryl methyl sites for hydroxylation is 2. The van der Waals surface area contributed by atoms with Crippen molar-refractivity contribution in [3.05, 3.63) is 65.7 Å². The molecule has 0 radical (unpaired) electrons. The van der Waals surface area contributed by atoms with Gasteiger partial charge < -0.3 is 14.5 Å². The molecule has 0 bridgehead atoms. The number of rotatable bonds is 8. The largest absolute Gasteiger partial charge is 0.492 e. The lowest BCUT2D eigenvalue weighted by molar-refractivity contribution is -0.140. The monoisotopic (exact) mass is 408 g/mol. The first-order valence-corrected chi connectivity index (χ1v) is 10.8. The van der Waals surface area contributed by atoms with Crippen LogP contribution in [-0.4, -0.2) is 54.9 Å². The molecule has 2 aromatic rings. The van der Waals surface area contributed by atoms with Crippen LogP contribution in [0.1, 0.15) is 30.4 Å². The maximum absolute atomic E-state index is 12.7. The van der Waals surface area contributed by atoms with Crippen molar-refractivity contribution in [3.8, 4) is 5.75 Å². The van der Waals surface area contributed by atoms with E-state index in [4.69, 9.17) is 4.74 Å². The molecule has 2 amide bonds. The lowest BCUT2D eigenvalue weighted by Gasteiger charge is -2.33. The molecule has 3 rings (SSSR count). The molecule has 5 nitrogen and oxygen atoms in total. The van der Waals surface area contributed by atoms with Crippen molar-refractivity contribution >= 4 is 11.8 Å². The SMILES string of the molecule is Cc1ccc(OCCN(C)C(=O)C2CCN(C(=O)CCc3ccccc3)CC2)cc1. The van der Waals surface area contributed by atoms with Crippen molar-refractivity contribution in [1.29, 1.82) is 0 Å². The summed E-state index contributed by atoms with van der Waals surface area (Å²) < 4.78 is 5.73. The van der Waals surface area contributed by atoms with Crippen molar-refractivity contribution in [2.45, 2.75) is 32.6 Å². The minimum atomic E-state index is -0.00690. The van der Waals surface area contributed by atoms with Gasteiger partial charge in [0, 0.05) is 32.5 Å². The van der Waals surface area contributed by atoms with E-state index >= 15 is 0 Å². The molecular weight excluding hydrogens is 376 g/mol. The van der Waals surface area contributed by atoms with Gasteiger partial charge in [-0.15, -0.1) is 0 Å². The Balaban J connectivity index is 1.36. The lowest BCUT2D eigenvalue weighted by Crippen LogP contribution is -2.44. The van der Waals surface area contributed by atoms with Crippen molar-refractivity contribution in [3.63, 3.8) is 0 Å². The molecule has 0 unspecified atom stereocenters. The lowest BCUT2D eigenvalue weighted by atomic mass is 9.95. The van der Waals surface area contributed by atoms with E-state index in [1.807, 2.05) is 61.3 Å². The normalized spacial score (nSPS) is 14.4. The molecule has 1 aliphatic heterocycles. The third kappa shape index (κ3) is 6.34. The molecule has 1 aliphatic rings. The number of hydrogen-bond donors (Lipinski definition) is 0. The molecule has 160 valence electrons. The fourth-order valence-electron chi connectivity index (χ4n) is 3.79. The summed E-state index contributed by atoms with van der Waals surface area (Å²) in [5, 5.41) is 0. The minimum absolute atomic E-state index is 0.00690. The number of nitrogens with zero attached hydrogens (tertiary/aromatic N) is 2. The van der Waals surface area contributed by atoms with Crippen LogP contribution in [0.4, 0.5) is 0 Å². The van der Waals surface area contributed by atoms with Gasteiger partial charge in [-0.25, -0.2) is 0 Å². The zero-order chi connectivity index (χ0) is 21.3. The van der Waals surface area contributed by atoms with Gasteiger partial charge in [0.15, 0.2) is 0 Å². The molecule has 0 N–H and O–H groups in total. The number of carbonyl (C=O) groups excluding carboxylic acids is 2. The summed E-state index contributed by atoms with van der Waals surface area (Å²) in [5.74, 6) is 1.15. The Labute approximate surface area is 179 Å². The van der Waals surface area contributed by atoms with Crippen LogP contribution in [0.5, 0.6) is 5.75 Å². The van der Waals surface area contributed by atoms with E-state index in [-0.39, 0.29) is 17.7 Å². The smallest absolute Gasteiger partial charge is 0.225 e. The number of piperidine rings is 1. The van der Waals surface area contributed by atoms with Crippen molar-refractivity contribution in [2.24, 2.45) is 5.92 Å². The second kappa shape index (κ2) is 10.8. The maximum atomic E-state index is 12.7. The third-order valence-corrected chi connectivity index (χ3v) is 5.76. The zero-order valence-corrected chi connectivity index (χ0v) is 18.0. The highest BCUT2D eigenvalue weighted by Gasteiger charge is 2.28. The molecule has 0 spiro atoms.